The third-order valence-electron chi connectivity index (χ3n) is 4.10. The molecule has 2 atom stereocenters. The number of rotatable bonds is 2. The predicted octanol–water partition coefficient (Wildman–Crippen LogP) is 3.25. The molecule has 0 amide bonds. The van der Waals surface area contributed by atoms with Crippen molar-refractivity contribution in [2.24, 2.45) is 0 Å². The van der Waals surface area contributed by atoms with Crippen LogP contribution in [0, 0.1) is 0 Å². The lowest BCUT2D eigenvalue weighted by Gasteiger charge is -2.24. The number of thiazole rings is 1. The average Bonchev–Trinajstić information content (AvgIpc) is 2.98. The number of nitrogens with zero attached hydrogens (tertiary/aromatic N) is 1. The van der Waals surface area contributed by atoms with E-state index in [9.17, 15) is 0 Å². The van der Waals surface area contributed by atoms with Crippen molar-refractivity contribution in [3.63, 3.8) is 0 Å². The summed E-state index contributed by atoms with van der Waals surface area (Å²) in [6.07, 6.45) is 3.38. The first kappa shape index (κ1) is 13.1. The summed E-state index contributed by atoms with van der Waals surface area (Å²) in [5.74, 6) is 1.63. The summed E-state index contributed by atoms with van der Waals surface area (Å²) in [4.78, 5) is 6.20. The van der Waals surface area contributed by atoms with Crippen molar-refractivity contribution >= 4 is 11.3 Å². The molecule has 2 heterocycles. The highest BCUT2D eigenvalue weighted by molar-refractivity contribution is 7.11. The number of fused-ring (bicyclic) bond motifs is 2. The third kappa shape index (κ3) is 2.30. The summed E-state index contributed by atoms with van der Waals surface area (Å²) in [5, 5.41) is 4.43. The molecule has 1 aromatic carbocycles. The second-order valence-electron chi connectivity index (χ2n) is 5.46. The molecule has 2 unspecified atom stereocenters. The lowest BCUT2D eigenvalue weighted by atomic mass is 9.98. The van der Waals surface area contributed by atoms with E-state index in [0.29, 0.717) is 12.6 Å². The van der Waals surface area contributed by atoms with Crippen LogP contribution in [0.1, 0.15) is 40.6 Å². The summed E-state index contributed by atoms with van der Waals surface area (Å²) in [6.45, 7) is 0.535. The van der Waals surface area contributed by atoms with Crippen LogP contribution in [0.4, 0.5) is 0 Å². The van der Waals surface area contributed by atoms with E-state index >= 15 is 0 Å². The highest BCUT2D eigenvalue weighted by Crippen LogP contribution is 2.40. The molecule has 0 saturated heterocycles. The predicted molar refractivity (Wildman–Crippen MR) is 82.2 cm³/mol. The molecule has 0 bridgehead atoms. The Morgan fingerprint density at radius 2 is 2.14 bits per heavy atom. The molecule has 0 radical (unpaired) electrons. The summed E-state index contributed by atoms with van der Waals surface area (Å²) in [6, 6.07) is 8.26. The quantitative estimate of drug-likeness (QED) is 0.925. The second kappa shape index (κ2) is 5.31. The minimum Gasteiger partial charge on any atom is -0.485 e. The van der Waals surface area contributed by atoms with Crippen molar-refractivity contribution in [2.45, 2.75) is 31.4 Å². The van der Waals surface area contributed by atoms with Gasteiger partial charge in [0.15, 0.2) is 17.6 Å². The van der Waals surface area contributed by atoms with Crippen LogP contribution in [-0.2, 0) is 6.42 Å². The molecule has 5 heteroatoms. The molecule has 21 heavy (non-hydrogen) atoms. The zero-order chi connectivity index (χ0) is 14.2. The second-order valence-corrected chi connectivity index (χ2v) is 6.52. The zero-order valence-electron chi connectivity index (χ0n) is 12.0. The van der Waals surface area contributed by atoms with Crippen LogP contribution in [0.3, 0.4) is 0 Å². The Hall–Kier alpha value is -1.59. The summed E-state index contributed by atoms with van der Waals surface area (Å²) >= 11 is 1.77. The molecule has 4 nitrogen and oxygen atoms in total. The third-order valence-corrected chi connectivity index (χ3v) is 5.40. The van der Waals surface area contributed by atoms with Gasteiger partial charge in [0.1, 0.15) is 11.6 Å². The number of hydrogen-bond acceptors (Lipinski definition) is 5. The van der Waals surface area contributed by atoms with Crippen LogP contribution in [0.2, 0.25) is 0 Å². The van der Waals surface area contributed by atoms with Gasteiger partial charge >= 0.3 is 0 Å². The van der Waals surface area contributed by atoms with Gasteiger partial charge in [-0.1, -0.05) is 12.1 Å². The fraction of sp³-hybridized carbons (Fsp3) is 0.438. The lowest BCUT2D eigenvalue weighted by molar-refractivity contribution is 0.0910. The van der Waals surface area contributed by atoms with E-state index in [4.69, 9.17) is 14.5 Å². The fourth-order valence-corrected chi connectivity index (χ4v) is 4.27. The monoisotopic (exact) mass is 302 g/mol. The van der Waals surface area contributed by atoms with E-state index in [-0.39, 0.29) is 6.10 Å². The maximum absolute atomic E-state index is 6.07. The standard InChI is InChI=1S/C16H18N2O2S/c1-17-10-5-4-6-11-15(10)21-16(18-11)14-9-19-12-7-2-3-8-13(12)20-14/h2-3,7-8,10,14,17H,4-6,9H2,1H3. The summed E-state index contributed by atoms with van der Waals surface area (Å²) < 4.78 is 11.9. The van der Waals surface area contributed by atoms with Crippen LogP contribution in [0.5, 0.6) is 11.5 Å². The van der Waals surface area contributed by atoms with E-state index in [1.807, 2.05) is 31.3 Å². The van der Waals surface area contributed by atoms with Crippen LogP contribution < -0.4 is 14.8 Å². The van der Waals surface area contributed by atoms with Crippen LogP contribution in [0.15, 0.2) is 24.3 Å². The molecule has 0 saturated carbocycles. The Morgan fingerprint density at radius 3 is 3.00 bits per heavy atom. The van der Waals surface area contributed by atoms with Gasteiger partial charge in [0.2, 0.25) is 0 Å². The van der Waals surface area contributed by atoms with Gasteiger partial charge in [-0.05, 0) is 38.4 Å². The average molecular weight is 302 g/mol. The van der Waals surface area contributed by atoms with Gasteiger partial charge in [0.25, 0.3) is 0 Å². The van der Waals surface area contributed by atoms with Gasteiger partial charge in [0, 0.05) is 10.9 Å². The lowest BCUT2D eigenvalue weighted by Crippen LogP contribution is -2.21. The van der Waals surface area contributed by atoms with E-state index in [2.05, 4.69) is 5.32 Å². The van der Waals surface area contributed by atoms with Crippen molar-refractivity contribution in [3.8, 4) is 11.5 Å². The maximum Gasteiger partial charge on any atom is 0.184 e. The van der Waals surface area contributed by atoms with Crippen LogP contribution in [0.25, 0.3) is 0 Å². The molecular weight excluding hydrogens is 284 g/mol. The molecule has 0 fully saturated rings. The first-order valence-electron chi connectivity index (χ1n) is 7.40. The number of hydrogen-bond donors (Lipinski definition) is 1. The normalized spacial score (nSPS) is 23.7. The number of aromatic nitrogens is 1. The van der Waals surface area contributed by atoms with Crippen molar-refractivity contribution in [2.75, 3.05) is 13.7 Å². The largest absolute Gasteiger partial charge is 0.485 e. The Balaban J connectivity index is 1.62. The number of para-hydroxylation sites is 2. The number of benzene rings is 1. The SMILES string of the molecule is CNC1CCCc2nc(C3COc4ccccc4O3)sc21. The van der Waals surface area contributed by atoms with Gasteiger partial charge < -0.3 is 14.8 Å². The van der Waals surface area contributed by atoms with Crippen molar-refractivity contribution in [1.29, 1.82) is 0 Å². The topological polar surface area (TPSA) is 43.4 Å². The molecule has 0 spiro atoms. The summed E-state index contributed by atoms with van der Waals surface area (Å²) in [7, 11) is 2.02. The number of aryl methyl sites for hydroxylation is 1. The van der Waals surface area contributed by atoms with Gasteiger partial charge in [-0.25, -0.2) is 4.98 Å². The Labute approximate surface area is 128 Å². The molecular formula is C16H18N2O2S. The van der Waals surface area contributed by atoms with Gasteiger partial charge in [-0.2, -0.15) is 0 Å². The molecule has 4 rings (SSSR count). The number of nitrogens with one attached hydrogen (secondary N) is 1. The highest BCUT2D eigenvalue weighted by atomic mass is 32.1. The van der Waals surface area contributed by atoms with Crippen molar-refractivity contribution in [3.05, 3.63) is 39.8 Å². The fourth-order valence-electron chi connectivity index (χ4n) is 2.99. The Kier molecular flexibility index (Phi) is 3.31. The first-order chi connectivity index (χ1) is 10.3. The van der Waals surface area contributed by atoms with Gasteiger partial charge in [-0.15, -0.1) is 11.3 Å². The van der Waals surface area contributed by atoms with E-state index in [1.54, 1.807) is 11.3 Å². The van der Waals surface area contributed by atoms with Gasteiger partial charge in [0.05, 0.1) is 5.69 Å². The van der Waals surface area contributed by atoms with E-state index < -0.39 is 0 Å². The molecule has 110 valence electrons. The van der Waals surface area contributed by atoms with Crippen molar-refractivity contribution < 1.29 is 9.47 Å². The highest BCUT2D eigenvalue weighted by Gasteiger charge is 2.29. The molecule has 2 aliphatic rings. The minimum absolute atomic E-state index is 0.0898. The van der Waals surface area contributed by atoms with Crippen molar-refractivity contribution in [1.82, 2.24) is 10.3 Å². The molecule has 2 aromatic rings. The maximum atomic E-state index is 6.07. The van der Waals surface area contributed by atoms with Gasteiger partial charge in [-0.3, -0.25) is 0 Å². The minimum atomic E-state index is -0.0898. The molecule has 1 N–H and O–H groups in total. The van der Waals surface area contributed by atoms with Crippen LogP contribution >= 0.6 is 11.3 Å². The first-order valence-corrected chi connectivity index (χ1v) is 8.22. The smallest absolute Gasteiger partial charge is 0.184 e. The molecule has 1 aromatic heterocycles. The molecule has 1 aliphatic heterocycles. The Morgan fingerprint density at radius 1 is 1.29 bits per heavy atom. The van der Waals surface area contributed by atoms with Crippen LogP contribution in [-0.4, -0.2) is 18.6 Å². The summed E-state index contributed by atoms with van der Waals surface area (Å²) in [5.41, 5.74) is 1.24. The Bertz CT molecular complexity index is 655. The van der Waals surface area contributed by atoms with E-state index in [0.717, 1.165) is 22.9 Å². The molecule has 1 aliphatic carbocycles. The van der Waals surface area contributed by atoms with E-state index in [1.165, 1.54) is 23.4 Å². The number of ether oxygens (including phenoxy) is 2. The zero-order valence-corrected chi connectivity index (χ0v) is 12.8.